The molecule has 0 unspecified atom stereocenters. The Morgan fingerprint density at radius 3 is 2.38 bits per heavy atom. The van der Waals surface area contributed by atoms with Crippen LogP contribution in [0.3, 0.4) is 0 Å². The predicted molar refractivity (Wildman–Crippen MR) is 85.8 cm³/mol. The van der Waals surface area contributed by atoms with Gasteiger partial charge in [0.1, 0.15) is 0 Å². The number of aryl methyl sites for hydroxylation is 1. The predicted octanol–water partition coefficient (Wildman–Crippen LogP) is 2.91. The van der Waals surface area contributed by atoms with E-state index < -0.39 is 10.0 Å². The first kappa shape index (κ1) is 15.5. The average Bonchev–Trinajstić information content (AvgIpc) is 2.46. The lowest BCUT2D eigenvalue weighted by molar-refractivity contribution is 0.601. The smallest absolute Gasteiger partial charge is 0.261 e. The monoisotopic (exact) mass is 304 g/mol. The molecule has 2 aromatic carbocycles. The van der Waals surface area contributed by atoms with Crippen molar-refractivity contribution in [2.45, 2.75) is 25.3 Å². The normalized spacial score (nSPS) is 11.3. The van der Waals surface area contributed by atoms with Crippen LogP contribution in [0.15, 0.2) is 53.4 Å². The summed E-state index contributed by atoms with van der Waals surface area (Å²) in [6.45, 7) is 5.60. The molecule has 0 aromatic heterocycles. The van der Waals surface area contributed by atoms with E-state index in [4.69, 9.17) is 0 Å². The van der Waals surface area contributed by atoms with Gasteiger partial charge < -0.3 is 5.32 Å². The molecule has 2 aromatic rings. The summed E-state index contributed by atoms with van der Waals surface area (Å²) >= 11 is 0. The molecule has 0 amide bonds. The van der Waals surface area contributed by atoms with E-state index in [0.717, 1.165) is 24.2 Å². The number of benzene rings is 2. The van der Waals surface area contributed by atoms with Crippen LogP contribution in [0.1, 0.15) is 18.1 Å². The Hall–Kier alpha value is -1.85. The molecule has 0 bridgehead atoms. The van der Waals surface area contributed by atoms with Gasteiger partial charge in [0.05, 0.1) is 4.90 Å². The molecular weight excluding hydrogens is 284 g/mol. The molecule has 5 heteroatoms. The van der Waals surface area contributed by atoms with Gasteiger partial charge in [-0.3, -0.25) is 4.72 Å². The number of hydrogen-bond acceptors (Lipinski definition) is 3. The van der Waals surface area contributed by atoms with Crippen molar-refractivity contribution in [3.63, 3.8) is 0 Å². The zero-order valence-electron chi connectivity index (χ0n) is 12.3. The van der Waals surface area contributed by atoms with E-state index in [2.05, 4.69) is 10.0 Å². The first-order valence-electron chi connectivity index (χ1n) is 6.90. The maximum absolute atomic E-state index is 12.3. The summed E-state index contributed by atoms with van der Waals surface area (Å²) in [7, 11) is -3.53. The van der Waals surface area contributed by atoms with Crippen molar-refractivity contribution in [3.05, 3.63) is 59.7 Å². The van der Waals surface area contributed by atoms with Gasteiger partial charge in [-0.05, 0) is 48.9 Å². The first-order valence-corrected chi connectivity index (χ1v) is 8.39. The van der Waals surface area contributed by atoms with Crippen molar-refractivity contribution in [2.75, 3.05) is 11.3 Å². The van der Waals surface area contributed by atoms with Crippen LogP contribution in [0.4, 0.5) is 5.69 Å². The summed E-state index contributed by atoms with van der Waals surface area (Å²) < 4.78 is 27.2. The third-order valence-corrected chi connectivity index (χ3v) is 4.46. The minimum atomic E-state index is -3.53. The molecule has 0 spiro atoms. The molecule has 112 valence electrons. The molecule has 0 atom stereocenters. The molecule has 21 heavy (non-hydrogen) atoms. The zero-order valence-corrected chi connectivity index (χ0v) is 13.1. The lowest BCUT2D eigenvalue weighted by Crippen LogP contribution is -2.14. The van der Waals surface area contributed by atoms with E-state index in [-0.39, 0.29) is 4.90 Å². The molecule has 2 N–H and O–H groups in total. The lowest BCUT2D eigenvalue weighted by Gasteiger charge is -2.09. The number of sulfonamides is 1. The van der Waals surface area contributed by atoms with Crippen molar-refractivity contribution in [2.24, 2.45) is 0 Å². The van der Waals surface area contributed by atoms with E-state index in [0.29, 0.717) is 5.69 Å². The lowest BCUT2D eigenvalue weighted by atomic mass is 10.2. The fourth-order valence-electron chi connectivity index (χ4n) is 1.96. The van der Waals surface area contributed by atoms with E-state index in [1.807, 2.05) is 32.0 Å². The van der Waals surface area contributed by atoms with Gasteiger partial charge in [-0.2, -0.15) is 0 Å². The van der Waals surface area contributed by atoms with Crippen LogP contribution in [0.25, 0.3) is 0 Å². The third kappa shape index (κ3) is 4.31. The maximum Gasteiger partial charge on any atom is 0.261 e. The highest BCUT2D eigenvalue weighted by molar-refractivity contribution is 7.92. The summed E-state index contributed by atoms with van der Waals surface area (Å²) in [6.07, 6.45) is 0. The molecule has 0 aliphatic rings. The molecular formula is C16H20N2O2S. The van der Waals surface area contributed by atoms with Crippen LogP contribution >= 0.6 is 0 Å². The van der Waals surface area contributed by atoms with Crippen molar-refractivity contribution in [3.8, 4) is 0 Å². The van der Waals surface area contributed by atoms with E-state index >= 15 is 0 Å². The highest BCUT2D eigenvalue weighted by Crippen LogP contribution is 2.17. The minimum absolute atomic E-state index is 0.277. The van der Waals surface area contributed by atoms with Crippen LogP contribution < -0.4 is 10.0 Å². The minimum Gasteiger partial charge on any atom is -0.313 e. The van der Waals surface area contributed by atoms with Crippen molar-refractivity contribution >= 4 is 15.7 Å². The fourth-order valence-corrected chi connectivity index (χ4v) is 3.12. The summed E-state index contributed by atoms with van der Waals surface area (Å²) in [6, 6.07) is 14.2. The summed E-state index contributed by atoms with van der Waals surface area (Å²) in [5, 5.41) is 3.23. The second-order valence-electron chi connectivity index (χ2n) is 4.90. The molecule has 0 aliphatic heterocycles. The van der Waals surface area contributed by atoms with Crippen LogP contribution in [0.5, 0.6) is 0 Å². The second kappa shape index (κ2) is 6.74. The van der Waals surface area contributed by atoms with Gasteiger partial charge in [-0.25, -0.2) is 8.42 Å². The summed E-state index contributed by atoms with van der Waals surface area (Å²) in [5.74, 6) is 0. The molecule has 0 fully saturated rings. The Balaban J connectivity index is 2.13. The standard InChI is InChI=1S/C16H20N2O2S/c1-3-17-12-14-7-9-15(10-8-14)18-21(19,20)16-6-4-5-13(2)11-16/h4-11,17-18H,3,12H2,1-2H3. The Labute approximate surface area is 126 Å². The molecule has 4 nitrogen and oxygen atoms in total. The quantitative estimate of drug-likeness (QED) is 0.862. The van der Waals surface area contributed by atoms with E-state index in [1.165, 1.54) is 0 Å². The van der Waals surface area contributed by atoms with Crippen molar-refractivity contribution in [1.29, 1.82) is 0 Å². The van der Waals surface area contributed by atoms with Gasteiger partial charge in [-0.15, -0.1) is 0 Å². The van der Waals surface area contributed by atoms with Crippen LogP contribution in [-0.4, -0.2) is 15.0 Å². The van der Waals surface area contributed by atoms with Gasteiger partial charge >= 0.3 is 0 Å². The van der Waals surface area contributed by atoms with Crippen LogP contribution in [-0.2, 0) is 16.6 Å². The number of hydrogen-bond donors (Lipinski definition) is 2. The largest absolute Gasteiger partial charge is 0.313 e. The summed E-state index contributed by atoms with van der Waals surface area (Å²) in [5.41, 5.74) is 2.60. The summed E-state index contributed by atoms with van der Waals surface area (Å²) in [4.78, 5) is 0.277. The van der Waals surface area contributed by atoms with Gasteiger partial charge in [-0.1, -0.05) is 31.2 Å². The Bertz CT molecular complexity index is 694. The Kier molecular flexibility index (Phi) is 4.98. The highest BCUT2D eigenvalue weighted by Gasteiger charge is 2.13. The number of rotatable bonds is 6. The molecule has 0 aliphatic carbocycles. The Morgan fingerprint density at radius 1 is 1.05 bits per heavy atom. The maximum atomic E-state index is 12.3. The molecule has 0 saturated heterocycles. The average molecular weight is 304 g/mol. The highest BCUT2D eigenvalue weighted by atomic mass is 32.2. The molecule has 0 saturated carbocycles. The second-order valence-corrected chi connectivity index (χ2v) is 6.58. The Morgan fingerprint density at radius 2 is 1.76 bits per heavy atom. The van der Waals surface area contributed by atoms with Crippen molar-refractivity contribution < 1.29 is 8.42 Å². The number of nitrogens with one attached hydrogen (secondary N) is 2. The van der Waals surface area contributed by atoms with Gasteiger partial charge in [0.25, 0.3) is 10.0 Å². The fraction of sp³-hybridized carbons (Fsp3) is 0.250. The van der Waals surface area contributed by atoms with Crippen LogP contribution in [0.2, 0.25) is 0 Å². The third-order valence-electron chi connectivity index (χ3n) is 3.09. The topological polar surface area (TPSA) is 58.2 Å². The van der Waals surface area contributed by atoms with Crippen molar-refractivity contribution in [1.82, 2.24) is 5.32 Å². The molecule has 2 rings (SSSR count). The molecule has 0 radical (unpaired) electrons. The van der Waals surface area contributed by atoms with E-state index in [1.54, 1.807) is 30.3 Å². The van der Waals surface area contributed by atoms with Gasteiger partial charge in [0.15, 0.2) is 0 Å². The zero-order chi connectivity index (χ0) is 15.3. The van der Waals surface area contributed by atoms with Gasteiger partial charge in [0.2, 0.25) is 0 Å². The first-order chi connectivity index (χ1) is 10.0. The van der Waals surface area contributed by atoms with Gasteiger partial charge in [0, 0.05) is 12.2 Å². The van der Waals surface area contributed by atoms with E-state index in [9.17, 15) is 8.42 Å². The van der Waals surface area contributed by atoms with Crippen LogP contribution in [0, 0.1) is 6.92 Å². The number of anilines is 1. The molecule has 0 heterocycles. The SMILES string of the molecule is CCNCc1ccc(NS(=O)(=O)c2cccc(C)c2)cc1.